The van der Waals surface area contributed by atoms with Gasteiger partial charge in [0.15, 0.2) is 0 Å². The zero-order valence-electron chi connectivity index (χ0n) is 7.81. The van der Waals surface area contributed by atoms with E-state index in [-0.39, 0.29) is 11.5 Å². The Kier molecular flexibility index (Phi) is 3.37. The van der Waals surface area contributed by atoms with Crippen molar-refractivity contribution >= 4 is 0 Å². The molecule has 0 aromatic carbocycles. The maximum atomic E-state index is 9.56. The SMILES string of the molecule is CCC(O)C(C)(C)C(C)C. The van der Waals surface area contributed by atoms with Crippen LogP contribution in [0.15, 0.2) is 0 Å². The van der Waals surface area contributed by atoms with Crippen LogP contribution in [-0.4, -0.2) is 11.2 Å². The van der Waals surface area contributed by atoms with Gasteiger partial charge in [-0.2, -0.15) is 0 Å². The van der Waals surface area contributed by atoms with Crippen molar-refractivity contribution in [2.75, 3.05) is 0 Å². The normalized spacial score (nSPS) is 15.9. The predicted octanol–water partition coefficient (Wildman–Crippen LogP) is 2.44. The summed E-state index contributed by atoms with van der Waals surface area (Å²) >= 11 is 0. The van der Waals surface area contributed by atoms with E-state index in [4.69, 9.17) is 0 Å². The first-order valence-corrected chi connectivity index (χ1v) is 4.11. The summed E-state index contributed by atoms with van der Waals surface area (Å²) in [7, 11) is 0. The van der Waals surface area contributed by atoms with E-state index in [1.807, 2.05) is 6.92 Å². The maximum absolute atomic E-state index is 9.56. The molecular formula is C9H20O. The molecule has 1 heteroatoms. The van der Waals surface area contributed by atoms with E-state index in [0.29, 0.717) is 5.92 Å². The quantitative estimate of drug-likeness (QED) is 0.645. The second kappa shape index (κ2) is 3.38. The van der Waals surface area contributed by atoms with Gasteiger partial charge in [-0.3, -0.25) is 0 Å². The van der Waals surface area contributed by atoms with Gasteiger partial charge in [-0.25, -0.2) is 0 Å². The van der Waals surface area contributed by atoms with Crippen molar-refractivity contribution < 1.29 is 5.11 Å². The molecule has 0 saturated heterocycles. The minimum absolute atomic E-state index is 0.0642. The first kappa shape index (κ1) is 9.96. The van der Waals surface area contributed by atoms with E-state index in [1.165, 1.54) is 0 Å². The molecule has 0 spiro atoms. The molecule has 0 aliphatic carbocycles. The number of aliphatic hydroxyl groups is 1. The van der Waals surface area contributed by atoms with E-state index in [1.54, 1.807) is 0 Å². The first-order chi connectivity index (χ1) is 4.42. The van der Waals surface area contributed by atoms with Crippen molar-refractivity contribution in [2.45, 2.75) is 47.1 Å². The standard InChI is InChI=1S/C9H20O/c1-6-8(10)9(4,5)7(2)3/h7-8,10H,6H2,1-5H3. The van der Waals surface area contributed by atoms with Crippen LogP contribution in [0.1, 0.15) is 41.0 Å². The summed E-state index contributed by atoms with van der Waals surface area (Å²) in [6.45, 7) is 10.6. The topological polar surface area (TPSA) is 20.2 Å². The Hall–Kier alpha value is -0.0400. The van der Waals surface area contributed by atoms with Gasteiger partial charge in [0, 0.05) is 0 Å². The molecule has 0 bridgehead atoms. The predicted molar refractivity (Wildman–Crippen MR) is 44.9 cm³/mol. The van der Waals surface area contributed by atoms with Gasteiger partial charge < -0.3 is 5.11 Å². The summed E-state index contributed by atoms with van der Waals surface area (Å²) in [6, 6.07) is 0. The fraction of sp³-hybridized carbons (Fsp3) is 1.00. The average Bonchev–Trinajstić information content (AvgIpc) is 1.86. The molecule has 0 radical (unpaired) electrons. The van der Waals surface area contributed by atoms with Crippen LogP contribution in [0, 0.1) is 11.3 Å². The molecule has 0 fully saturated rings. The molecule has 10 heavy (non-hydrogen) atoms. The van der Waals surface area contributed by atoms with Gasteiger partial charge >= 0.3 is 0 Å². The summed E-state index contributed by atoms with van der Waals surface area (Å²) in [6.07, 6.45) is 0.693. The monoisotopic (exact) mass is 144 g/mol. The zero-order chi connectivity index (χ0) is 8.36. The van der Waals surface area contributed by atoms with Crippen molar-refractivity contribution in [3.8, 4) is 0 Å². The highest BCUT2D eigenvalue weighted by Crippen LogP contribution is 2.31. The third-order valence-corrected chi connectivity index (χ3v) is 2.73. The summed E-state index contributed by atoms with van der Waals surface area (Å²) in [5.74, 6) is 0.544. The molecule has 62 valence electrons. The number of hydrogen-bond donors (Lipinski definition) is 1. The summed E-state index contributed by atoms with van der Waals surface area (Å²) in [5.41, 5.74) is 0.0642. The molecule has 0 rings (SSSR count). The molecule has 0 saturated carbocycles. The van der Waals surface area contributed by atoms with Crippen molar-refractivity contribution in [1.29, 1.82) is 0 Å². The highest BCUT2D eigenvalue weighted by atomic mass is 16.3. The van der Waals surface area contributed by atoms with Gasteiger partial charge in [-0.1, -0.05) is 34.6 Å². The lowest BCUT2D eigenvalue weighted by atomic mass is 9.75. The molecule has 1 unspecified atom stereocenters. The lowest BCUT2D eigenvalue weighted by Crippen LogP contribution is -2.33. The van der Waals surface area contributed by atoms with E-state index in [9.17, 15) is 5.11 Å². The van der Waals surface area contributed by atoms with Crippen LogP contribution in [0.5, 0.6) is 0 Å². The molecule has 0 heterocycles. The highest BCUT2D eigenvalue weighted by molar-refractivity contribution is 4.79. The zero-order valence-corrected chi connectivity index (χ0v) is 7.81. The van der Waals surface area contributed by atoms with Crippen molar-refractivity contribution in [3.05, 3.63) is 0 Å². The van der Waals surface area contributed by atoms with Crippen LogP contribution in [0.2, 0.25) is 0 Å². The Bertz CT molecular complexity index is 94.9. The van der Waals surface area contributed by atoms with E-state index in [2.05, 4.69) is 27.7 Å². The minimum atomic E-state index is -0.160. The van der Waals surface area contributed by atoms with Crippen LogP contribution < -0.4 is 0 Å². The van der Waals surface area contributed by atoms with Crippen LogP contribution in [0.4, 0.5) is 0 Å². The minimum Gasteiger partial charge on any atom is -0.393 e. The van der Waals surface area contributed by atoms with E-state index >= 15 is 0 Å². The fourth-order valence-electron chi connectivity index (χ4n) is 0.911. The molecule has 1 atom stereocenters. The number of rotatable bonds is 3. The van der Waals surface area contributed by atoms with Crippen LogP contribution in [-0.2, 0) is 0 Å². The average molecular weight is 144 g/mol. The lowest BCUT2D eigenvalue weighted by molar-refractivity contribution is 0.0149. The molecule has 1 nitrogen and oxygen atoms in total. The van der Waals surface area contributed by atoms with Gasteiger partial charge in [0.25, 0.3) is 0 Å². The van der Waals surface area contributed by atoms with Crippen LogP contribution >= 0.6 is 0 Å². The first-order valence-electron chi connectivity index (χ1n) is 4.11. The van der Waals surface area contributed by atoms with Gasteiger partial charge in [0.05, 0.1) is 6.10 Å². The molecule has 0 aliphatic heterocycles. The van der Waals surface area contributed by atoms with Crippen LogP contribution in [0.3, 0.4) is 0 Å². The largest absolute Gasteiger partial charge is 0.393 e. The Balaban J connectivity index is 4.09. The molecule has 0 aliphatic rings. The Labute approximate surface area is 64.5 Å². The van der Waals surface area contributed by atoms with Crippen molar-refractivity contribution in [1.82, 2.24) is 0 Å². The molecular weight excluding hydrogens is 124 g/mol. The second-order valence-corrected chi connectivity index (χ2v) is 3.90. The van der Waals surface area contributed by atoms with Crippen LogP contribution in [0.25, 0.3) is 0 Å². The van der Waals surface area contributed by atoms with Gasteiger partial charge in [-0.15, -0.1) is 0 Å². The second-order valence-electron chi connectivity index (χ2n) is 3.90. The molecule has 0 aromatic heterocycles. The van der Waals surface area contributed by atoms with Crippen molar-refractivity contribution in [2.24, 2.45) is 11.3 Å². The smallest absolute Gasteiger partial charge is 0.0591 e. The van der Waals surface area contributed by atoms with Gasteiger partial charge in [-0.05, 0) is 17.8 Å². The molecule has 0 aromatic rings. The van der Waals surface area contributed by atoms with Crippen molar-refractivity contribution in [3.63, 3.8) is 0 Å². The Morgan fingerprint density at radius 3 is 1.80 bits per heavy atom. The van der Waals surface area contributed by atoms with E-state index in [0.717, 1.165) is 6.42 Å². The third kappa shape index (κ3) is 1.98. The van der Waals surface area contributed by atoms with E-state index < -0.39 is 0 Å². The van der Waals surface area contributed by atoms with Gasteiger partial charge in [0.2, 0.25) is 0 Å². The number of hydrogen-bond acceptors (Lipinski definition) is 1. The molecule has 0 amide bonds. The third-order valence-electron chi connectivity index (χ3n) is 2.73. The Morgan fingerprint density at radius 1 is 1.30 bits per heavy atom. The van der Waals surface area contributed by atoms with Gasteiger partial charge in [0.1, 0.15) is 0 Å². The molecule has 1 N–H and O–H groups in total. The summed E-state index contributed by atoms with van der Waals surface area (Å²) in [5, 5.41) is 9.56. The Morgan fingerprint density at radius 2 is 1.70 bits per heavy atom. The summed E-state index contributed by atoms with van der Waals surface area (Å²) in [4.78, 5) is 0. The summed E-state index contributed by atoms with van der Waals surface area (Å²) < 4.78 is 0. The maximum Gasteiger partial charge on any atom is 0.0591 e. The lowest BCUT2D eigenvalue weighted by Gasteiger charge is -2.33. The number of aliphatic hydroxyl groups excluding tert-OH is 1. The highest BCUT2D eigenvalue weighted by Gasteiger charge is 2.29. The fourth-order valence-corrected chi connectivity index (χ4v) is 0.911.